The van der Waals surface area contributed by atoms with Crippen molar-refractivity contribution in [2.75, 3.05) is 0 Å². The van der Waals surface area contributed by atoms with Crippen molar-refractivity contribution in [1.82, 2.24) is 0 Å². The molecule has 0 fully saturated rings. The van der Waals surface area contributed by atoms with Gasteiger partial charge in [0.05, 0.1) is 6.61 Å². The van der Waals surface area contributed by atoms with Crippen molar-refractivity contribution < 1.29 is 4.74 Å². The van der Waals surface area contributed by atoms with Gasteiger partial charge in [-0.15, -0.1) is 6.42 Å². The summed E-state index contributed by atoms with van der Waals surface area (Å²) in [5, 5.41) is 0. The molecule has 3 aromatic rings. The van der Waals surface area contributed by atoms with E-state index in [2.05, 4.69) is 5.92 Å². The predicted molar refractivity (Wildman–Crippen MR) is 93.7 cm³/mol. The molecule has 0 atom stereocenters. The van der Waals surface area contributed by atoms with Crippen LogP contribution in [0.2, 0.25) is 0 Å². The van der Waals surface area contributed by atoms with Gasteiger partial charge in [0.1, 0.15) is 0 Å². The van der Waals surface area contributed by atoms with Gasteiger partial charge in [0, 0.05) is 11.1 Å². The van der Waals surface area contributed by atoms with Crippen LogP contribution >= 0.6 is 0 Å². The van der Waals surface area contributed by atoms with Crippen LogP contribution in [0.15, 0.2) is 91.0 Å². The van der Waals surface area contributed by atoms with E-state index in [9.17, 15) is 0 Å². The van der Waals surface area contributed by atoms with E-state index in [1.54, 1.807) is 0 Å². The first-order valence-electron chi connectivity index (χ1n) is 7.62. The minimum absolute atomic E-state index is 0.453. The molecule has 0 amide bonds. The fraction of sp³-hybridized carbons (Fsp3) is 0.0909. The zero-order chi connectivity index (χ0) is 16.0. The van der Waals surface area contributed by atoms with Crippen molar-refractivity contribution >= 4 is 0 Å². The third-order valence-corrected chi connectivity index (χ3v) is 3.86. The second-order valence-electron chi connectivity index (χ2n) is 5.33. The molecule has 1 nitrogen and oxygen atoms in total. The van der Waals surface area contributed by atoms with Crippen LogP contribution in [0.25, 0.3) is 0 Å². The number of terminal acetylenes is 1. The number of ether oxygens (including phenoxy) is 1. The highest BCUT2D eigenvalue weighted by atomic mass is 16.5. The van der Waals surface area contributed by atoms with Crippen molar-refractivity contribution in [3.05, 3.63) is 108 Å². The summed E-state index contributed by atoms with van der Waals surface area (Å²) in [7, 11) is 0. The molecule has 3 aromatic carbocycles. The van der Waals surface area contributed by atoms with E-state index in [0.717, 1.165) is 16.7 Å². The van der Waals surface area contributed by atoms with Crippen molar-refractivity contribution in [3.63, 3.8) is 0 Å². The van der Waals surface area contributed by atoms with Crippen molar-refractivity contribution in [2.45, 2.75) is 12.2 Å². The van der Waals surface area contributed by atoms with Crippen molar-refractivity contribution in [3.8, 4) is 12.3 Å². The molecule has 1 heteroatoms. The van der Waals surface area contributed by atoms with E-state index >= 15 is 0 Å². The molecule has 0 N–H and O–H groups in total. The lowest BCUT2D eigenvalue weighted by atomic mass is 9.86. The first-order chi connectivity index (χ1) is 11.3. The molecule has 0 radical (unpaired) electrons. The van der Waals surface area contributed by atoms with Gasteiger partial charge in [-0.2, -0.15) is 0 Å². The second kappa shape index (κ2) is 6.96. The van der Waals surface area contributed by atoms with E-state index in [-0.39, 0.29) is 0 Å². The van der Waals surface area contributed by atoms with Crippen molar-refractivity contribution in [1.29, 1.82) is 0 Å². The topological polar surface area (TPSA) is 9.23 Å². The Bertz CT molecular complexity index is 731. The van der Waals surface area contributed by atoms with Crippen LogP contribution in [0.1, 0.15) is 16.7 Å². The molecule has 0 saturated heterocycles. The molecule has 3 rings (SSSR count). The van der Waals surface area contributed by atoms with Crippen LogP contribution in [-0.4, -0.2) is 0 Å². The lowest BCUT2D eigenvalue weighted by Crippen LogP contribution is -2.29. The molecule has 0 heterocycles. The lowest BCUT2D eigenvalue weighted by Gasteiger charge is -2.30. The van der Waals surface area contributed by atoms with Crippen LogP contribution in [0.4, 0.5) is 0 Å². The molecule has 0 saturated carbocycles. The number of rotatable bonds is 5. The van der Waals surface area contributed by atoms with Gasteiger partial charge in [-0.05, 0) is 5.56 Å². The maximum atomic E-state index is 6.30. The Morgan fingerprint density at radius 3 is 1.57 bits per heavy atom. The summed E-state index contributed by atoms with van der Waals surface area (Å²) < 4.78 is 6.30. The zero-order valence-electron chi connectivity index (χ0n) is 12.9. The van der Waals surface area contributed by atoms with Crippen LogP contribution in [0, 0.1) is 12.3 Å². The fourth-order valence-corrected chi connectivity index (χ4v) is 2.65. The quantitative estimate of drug-likeness (QED) is 0.616. The Morgan fingerprint density at radius 2 is 1.13 bits per heavy atom. The molecule has 0 bridgehead atoms. The van der Waals surface area contributed by atoms with Crippen LogP contribution in [0.3, 0.4) is 0 Å². The van der Waals surface area contributed by atoms with E-state index in [1.807, 2.05) is 91.0 Å². The summed E-state index contributed by atoms with van der Waals surface area (Å²) in [6.45, 7) is 0.453. The summed E-state index contributed by atoms with van der Waals surface area (Å²) >= 11 is 0. The largest absolute Gasteiger partial charge is 0.349 e. The van der Waals surface area contributed by atoms with E-state index in [1.165, 1.54) is 0 Å². The molecular weight excluding hydrogens is 280 g/mol. The molecule has 23 heavy (non-hydrogen) atoms. The van der Waals surface area contributed by atoms with Gasteiger partial charge >= 0.3 is 0 Å². The summed E-state index contributed by atoms with van der Waals surface area (Å²) in [5.41, 5.74) is 2.13. The molecule has 0 unspecified atom stereocenters. The minimum Gasteiger partial charge on any atom is -0.349 e. The van der Waals surface area contributed by atoms with Gasteiger partial charge in [-0.3, -0.25) is 0 Å². The number of hydrogen-bond donors (Lipinski definition) is 0. The Kier molecular flexibility index (Phi) is 4.57. The van der Waals surface area contributed by atoms with E-state index < -0.39 is 5.60 Å². The Labute approximate surface area is 137 Å². The number of hydrogen-bond acceptors (Lipinski definition) is 1. The van der Waals surface area contributed by atoms with Crippen molar-refractivity contribution in [2.24, 2.45) is 0 Å². The van der Waals surface area contributed by atoms with Crippen LogP contribution in [0.5, 0.6) is 0 Å². The van der Waals surface area contributed by atoms with Crippen LogP contribution < -0.4 is 0 Å². The fourth-order valence-electron chi connectivity index (χ4n) is 2.65. The molecule has 0 aliphatic heterocycles. The molecule has 0 aromatic heterocycles. The molecule has 0 aliphatic carbocycles. The molecule has 112 valence electrons. The van der Waals surface area contributed by atoms with Gasteiger partial charge in [0.15, 0.2) is 5.60 Å². The predicted octanol–water partition coefficient (Wildman–Crippen LogP) is 4.78. The van der Waals surface area contributed by atoms with Gasteiger partial charge < -0.3 is 4.74 Å². The maximum absolute atomic E-state index is 6.30. The third-order valence-electron chi connectivity index (χ3n) is 3.86. The molecular formula is C22H18O. The highest BCUT2D eigenvalue weighted by Crippen LogP contribution is 2.34. The standard InChI is InChI=1S/C22H18O/c1-2-22(20-14-8-4-9-15-20,21-16-10-5-11-17-21)23-18-19-12-6-3-7-13-19/h1,3-17H,18H2. The van der Waals surface area contributed by atoms with Gasteiger partial charge in [-0.25, -0.2) is 0 Å². The summed E-state index contributed by atoms with van der Waals surface area (Å²) in [4.78, 5) is 0. The van der Waals surface area contributed by atoms with Crippen LogP contribution in [-0.2, 0) is 16.9 Å². The van der Waals surface area contributed by atoms with Gasteiger partial charge in [-0.1, -0.05) is 96.9 Å². The van der Waals surface area contributed by atoms with Gasteiger partial charge in [0.25, 0.3) is 0 Å². The number of benzene rings is 3. The molecule has 0 aliphatic rings. The van der Waals surface area contributed by atoms with E-state index in [0.29, 0.717) is 6.61 Å². The van der Waals surface area contributed by atoms with E-state index in [4.69, 9.17) is 11.2 Å². The zero-order valence-corrected chi connectivity index (χ0v) is 12.9. The highest BCUT2D eigenvalue weighted by Gasteiger charge is 2.33. The minimum atomic E-state index is -0.891. The third kappa shape index (κ3) is 3.18. The SMILES string of the molecule is C#CC(OCc1ccccc1)(c1ccccc1)c1ccccc1. The average molecular weight is 298 g/mol. The normalized spacial score (nSPS) is 10.9. The first-order valence-corrected chi connectivity index (χ1v) is 7.62. The smallest absolute Gasteiger partial charge is 0.179 e. The maximum Gasteiger partial charge on any atom is 0.179 e. The highest BCUT2D eigenvalue weighted by molar-refractivity contribution is 5.44. The second-order valence-corrected chi connectivity index (χ2v) is 5.33. The summed E-state index contributed by atoms with van der Waals surface area (Å²) in [6.07, 6.45) is 5.96. The average Bonchev–Trinajstić information content (AvgIpc) is 2.65. The monoisotopic (exact) mass is 298 g/mol. The Hall–Kier alpha value is -2.82. The molecule has 0 spiro atoms. The summed E-state index contributed by atoms with van der Waals surface area (Å²) in [5.74, 6) is 2.90. The van der Waals surface area contributed by atoms with Gasteiger partial charge in [0.2, 0.25) is 0 Å². The first kappa shape index (κ1) is 15.1. The Balaban J connectivity index is 2.01. The summed E-state index contributed by atoms with van der Waals surface area (Å²) in [6, 6.07) is 30.0. The Morgan fingerprint density at radius 1 is 0.696 bits per heavy atom. The lowest BCUT2D eigenvalue weighted by molar-refractivity contribution is 0.0136.